The first-order valence-electron chi connectivity index (χ1n) is 10.5. The van der Waals surface area contributed by atoms with Gasteiger partial charge in [-0.15, -0.1) is 0 Å². The normalized spacial score (nSPS) is 12.5. The van der Waals surface area contributed by atoms with Gasteiger partial charge in [-0.2, -0.15) is 0 Å². The van der Waals surface area contributed by atoms with Gasteiger partial charge in [0.15, 0.2) is 5.75 Å². The maximum atomic E-state index is 12.7. The first-order valence-corrected chi connectivity index (χ1v) is 10.9. The van der Waals surface area contributed by atoms with Crippen LogP contribution in [0, 0.1) is 0 Å². The van der Waals surface area contributed by atoms with Crippen LogP contribution in [0.2, 0.25) is 5.02 Å². The second-order valence-electron chi connectivity index (χ2n) is 8.38. The Bertz CT molecular complexity index is 992. The first kappa shape index (κ1) is 24.7. The molecule has 31 heavy (non-hydrogen) atoms. The van der Waals surface area contributed by atoms with Crippen LogP contribution in [-0.4, -0.2) is 23.7 Å². The van der Waals surface area contributed by atoms with Crippen molar-refractivity contribution in [1.82, 2.24) is 5.32 Å². The highest BCUT2D eigenvalue weighted by molar-refractivity contribution is 6.33. The number of benzene rings is 1. The average Bonchev–Trinajstić information content (AvgIpc) is 2.65. The predicted molar refractivity (Wildman–Crippen MR) is 120 cm³/mol. The number of nitrogens with one attached hydrogen (secondary N) is 1. The summed E-state index contributed by atoms with van der Waals surface area (Å²) in [6.07, 6.45) is 2.90. The van der Waals surface area contributed by atoms with E-state index in [4.69, 9.17) is 25.5 Å². The third kappa shape index (κ3) is 7.28. The lowest BCUT2D eigenvalue weighted by Crippen LogP contribution is -2.45. The number of fused-ring (bicyclic) bond motifs is 1. The molecule has 7 nitrogen and oxygen atoms in total. The molecule has 0 aliphatic rings. The van der Waals surface area contributed by atoms with Gasteiger partial charge < -0.3 is 19.2 Å². The molecule has 170 valence electrons. The Morgan fingerprint density at radius 3 is 2.48 bits per heavy atom. The Balaban J connectivity index is 2.27. The summed E-state index contributed by atoms with van der Waals surface area (Å²) in [7, 11) is 0. The zero-order valence-electron chi connectivity index (χ0n) is 18.7. The Hall–Kier alpha value is -2.54. The van der Waals surface area contributed by atoms with E-state index in [0.717, 1.165) is 18.4 Å². The lowest BCUT2D eigenvalue weighted by atomic mass is 10.0. The summed E-state index contributed by atoms with van der Waals surface area (Å²) in [6, 6.07) is 3.61. The molecule has 0 saturated heterocycles. The van der Waals surface area contributed by atoms with E-state index in [1.54, 1.807) is 26.8 Å². The number of amides is 1. The van der Waals surface area contributed by atoms with Crippen LogP contribution in [0.3, 0.4) is 0 Å². The maximum Gasteiger partial charge on any atom is 0.408 e. The lowest BCUT2D eigenvalue weighted by molar-refractivity contribution is -0.137. The minimum atomic E-state index is -0.908. The van der Waals surface area contributed by atoms with Crippen LogP contribution in [0.4, 0.5) is 4.79 Å². The zero-order chi connectivity index (χ0) is 23.2. The molecule has 2 aromatic rings. The largest absolute Gasteiger partial charge is 0.444 e. The summed E-state index contributed by atoms with van der Waals surface area (Å²) >= 11 is 6.36. The van der Waals surface area contributed by atoms with Gasteiger partial charge in [-0.1, -0.05) is 38.3 Å². The summed E-state index contributed by atoms with van der Waals surface area (Å²) < 4.78 is 16.0. The van der Waals surface area contributed by atoms with Gasteiger partial charge in [0.1, 0.15) is 17.2 Å². The molecule has 1 heterocycles. The van der Waals surface area contributed by atoms with E-state index in [2.05, 4.69) is 12.2 Å². The minimum Gasteiger partial charge on any atom is -0.444 e. The fraction of sp³-hybridized carbons (Fsp3) is 0.522. The number of esters is 1. The van der Waals surface area contributed by atoms with E-state index in [1.165, 1.54) is 12.1 Å². The van der Waals surface area contributed by atoms with Crippen LogP contribution < -0.4 is 15.7 Å². The molecule has 1 aromatic heterocycles. The summed E-state index contributed by atoms with van der Waals surface area (Å²) in [4.78, 5) is 36.8. The molecular formula is C23H30ClNO6. The Morgan fingerprint density at radius 2 is 1.87 bits per heavy atom. The summed E-state index contributed by atoms with van der Waals surface area (Å²) in [5.41, 5.74) is -0.0469. The molecule has 0 radical (unpaired) electrons. The van der Waals surface area contributed by atoms with Crippen LogP contribution in [0.5, 0.6) is 5.75 Å². The smallest absolute Gasteiger partial charge is 0.408 e. The van der Waals surface area contributed by atoms with Crippen molar-refractivity contribution in [3.63, 3.8) is 0 Å². The van der Waals surface area contributed by atoms with Crippen molar-refractivity contribution in [3.05, 3.63) is 39.2 Å². The van der Waals surface area contributed by atoms with Crippen LogP contribution in [-0.2, 0) is 16.0 Å². The number of carbonyl (C=O) groups is 2. The molecule has 0 fully saturated rings. The van der Waals surface area contributed by atoms with E-state index in [1.807, 2.05) is 6.92 Å². The number of hydrogen-bond acceptors (Lipinski definition) is 6. The third-order valence-electron chi connectivity index (χ3n) is 4.45. The molecule has 0 bridgehead atoms. The molecule has 0 aliphatic heterocycles. The van der Waals surface area contributed by atoms with Gasteiger partial charge >= 0.3 is 17.7 Å². The number of aryl methyl sites for hydroxylation is 1. The first-order chi connectivity index (χ1) is 14.5. The van der Waals surface area contributed by atoms with Gasteiger partial charge in [0.2, 0.25) is 0 Å². The summed E-state index contributed by atoms with van der Waals surface area (Å²) in [5.74, 6) is -0.625. The molecule has 2 rings (SSSR count). The van der Waals surface area contributed by atoms with Crippen molar-refractivity contribution in [2.24, 2.45) is 0 Å². The van der Waals surface area contributed by atoms with Crippen molar-refractivity contribution in [2.75, 3.05) is 0 Å². The highest BCUT2D eigenvalue weighted by Crippen LogP contribution is 2.32. The number of unbranched alkanes of at least 4 members (excludes halogenated alkanes) is 1. The molecule has 1 N–H and O–H groups in total. The van der Waals surface area contributed by atoms with Crippen LogP contribution in [0.1, 0.15) is 65.9 Å². The van der Waals surface area contributed by atoms with E-state index in [9.17, 15) is 14.4 Å². The number of alkyl carbamates (subject to hydrolysis) is 1. The van der Waals surface area contributed by atoms with Gasteiger partial charge in [0, 0.05) is 17.5 Å². The Morgan fingerprint density at radius 1 is 1.16 bits per heavy atom. The number of rotatable bonds is 8. The van der Waals surface area contributed by atoms with Gasteiger partial charge in [-0.05, 0) is 51.7 Å². The molecule has 0 spiro atoms. The molecular weight excluding hydrogens is 422 g/mol. The SMILES string of the molecule is CCCCc1cc(=O)oc2cc(OC(=O)[C@@H](CCC)NC(=O)OC(C)(C)C)c(Cl)cc12. The summed E-state index contributed by atoms with van der Waals surface area (Å²) in [5, 5.41) is 3.45. The van der Waals surface area contributed by atoms with Crippen LogP contribution in [0.15, 0.2) is 27.4 Å². The van der Waals surface area contributed by atoms with Crippen molar-refractivity contribution < 1.29 is 23.5 Å². The van der Waals surface area contributed by atoms with Gasteiger partial charge in [0.25, 0.3) is 0 Å². The Kier molecular flexibility index (Phi) is 8.51. The molecule has 0 aliphatic carbocycles. The molecule has 1 amide bonds. The Labute approximate surface area is 187 Å². The topological polar surface area (TPSA) is 94.8 Å². The van der Waals surface area contributed by atoms with E-state index in [-0.39, 0.29) is 16.4 Å². The van der Waals surface area contributed by atoms with Crippen molar-refractivity contribution >= 4 is 34.6 Å². The second-order valence-corrected chi connectivity index (χ2v) is 8.79. The highest BCUT2D eigenvalue weighted by Gasteiger charge is 2.26. The zero-order valence-corrected chi connectivity index (χ0v) is 19.4. The molecule has 8 heteroatoms. The molecule has 1 aromatic carbocycles. The average molecular weight is 452 g/mol. The van der Waals surface area contributed by atoms with E-state index >= 15 is 0 Å². The van der Waals surface area contributed by atoms with Crippen LogP contribution in [0.25, 0.3) is 11.0 Å². The van der Waals surface area contributed by atoms with Crippen LogP contribution >= 0.6 is 11.6 Å². The molecule has 1 atom stereocenters. The fourth-order valence-corrected chi connectivity index (χ4v) is 3.25. The maximum absolute atomic E-state index is 12.7. The van der Waals surface area contributed by atoms with Gasteiger partial charge in [-0.25, -0.2) is 14.4 Å². The van der Waals surface area contributed by atoms with Crippen molar-refractivity contribution in [2.45, 2.75) is 78.4 Å². The molecule has 0 unspecified atom stereocenters. The van der Waals surface area contributed by atoms with Gasteiger partial charge in [0.05, 0.1) is 5.02 Å². The number of hydrogen-bond donors (Lipinski definition) is 1. The monoisotopic (exact) mass is 451 g/mol. The third-order valence-corrected chi connectivity index (χ3v) is 4.74. The van der Waals surface area contributed by atoms with E-state index < -0.39 is 29.3 Å². The second kappa shape index (κ2) is 10.7. The van der Waals surface area contributed by atoms with E-state index in [0.29, 0.717) is 24.6 Å². The minimum absolute atomic E-state index is 0.0575. The standard InChI is InChI=1S/C23H30ClNO6/c1-6-8-10-14-11-20(26)29-18-13-19(16(24)12-15(14)18)30-21(27)17(9-7-2)25-22(28)31-23(3,4)5/h11-13,17H,6-10H2,1-5H3,(H,25,28)/t17-/m1/s1. The number of halogens is 1. The van der Waals surface area contributed by atoms with Crippen molar-refractivity contribution in [1.29, 1.82) is 0 Å². The number of carbonyl (C=O) groups excluding carboxylic acids is 2. The lowest BCUT2D eigenvalue weighted by Gasteiger charge is -2.22. The quantitative estimate of drug-likeness (QED) is 0.328. The predicted octanol–water partition coefficient (Wildman–Crippen LogP) is 5.39. The molecule has 0 saturated carbocycles. The number of ether oxygens (including phenoxy) is 2. The fourth-order valence-electron chi connectivity index (χ4n) is 3.05. The van der Waals surface area contributed by atoms with Gasteiger partial charge in [-0.3, -0.25) is 0 Å². The highest BCUT2D eigenvalue weighted by atomic mass is 35.5. The van der Waals surface area contributed by atoms with Crippen molar-refractivity contribution in [3.8, 4) is 5.75 Å². The summed E-state index contributed by atoms with van der Waals surface area (Å²) in [6.45, 7) is 9.15.